The van der Waals surface area contributed by atoms with E-state index in [1.54, 1.807) is 23.1 Å². The minimum absolute atomic E-state index is 0.0224. The molecule has 0 N–H and O–H groups in total. The summed E-state index contributed by atoms with van der Waals surface area (Å²) in [5.74, 6) is 1.21. The predicted octanol–water partition coefficient (Wildman–Crippen LogP) is 2.93. The second kappa shape index (κ2) is 8.39. The molecule has 1 fully saturated rings. The van der Waals surface area contributed by atoms with E-state index in [1.165, 1.54) is 0 Å². The summed E-state index contributed by atoms with van der Waals surface area (Å²) in [5.41, 5.74) is 0.861. The Kier molecular flexibility index (Phi) is 5.53. The summed E-state index contributed by atoms with van der Waals surface area (Å²) in [4.78, 5) is 14.4. The topological polar surface area (TPSA) is 73.1 Å². The summed E-state index contributed by atoms with van der Waals surface area (Å²) >= 11 is 6.16. The van der Waals surface area contributed by atoms with Gasteiger partial charge in [0.25, 0.3) is 0 Å². The molecule has 28 heavy (non-hydrogen) atoms. The van der Waals surface area contributed by atoms with Crippen molar-refractivity contribution in [3.8, 4) is 11.7 Å². The molecule has 1 aliphatic rings. The molecule has 144 valence electrons. The Labute approximate surface area is 167 Å². The molecule has 1 aliphatic heterocycles. The second-order valence-corrected chi connectivity index (χ2v) is 7.05. The molecular weight excluding hydrogens is 378 g/mol. The third-order valence-corrected chi connectivity index (χ3v) is 5.12. The Morgan fingerprint density at radius 3 is 2.61 bits per heavy atom. The third-order valence-electron chi connectivity index (χ3n) is 4.75. The maximum Gasteiger partial charge on any atom is 0.233 e. The van der Waals surface area contributed by atoms with Gasteiger partial charge in [0, 0.05) is 49.4 Å². The lowest BCUT2D eigenvalue weighted by Crippen LogP contribution is -2.42. The highest BCUT2D eigenvalue weighted by Gasteiger charge is 2.24. The van der Waals surface area contributed by atoms with Crippen molar-refractivity contribution in [2.24, 2.45) is 0 Å². The number of rotatable bonds is 5. The SMILES string of the molecule is O=C(Cc1ccccc1Cl)N1CCC(Oc2ccc(-n3cccn3)nn2)CC1. The molecule has 0 spiro atoms. The number of ether oxygens (including phenoxy) is 1. The maximum absolute atomic E-state index is 12.5. The summed E-state index contributed by atoms with van der Waals surface area (Å²) in [6.07, 6.45) is 5.36. The quantitative estimate of drug-likeness (QED) is 0.661. The van der Waals surface area contributed by atoms with Gasteiger partial charge >= 0.3 is 0 Å². The summed E-state index contributed by atoms with van der Waals surface area (Å²) < 4.78 is 7.57. The highest BCUT2D eigenvalue weighted by molar-refractivity contribution is 6.31. The zero-order chi connectivity index (χ0) is 19.3. The fourth-order valence-corrected chi connectivity index (χ4v) is 3.42. The van der Waals surface area contributed by atoms with Gasteiger partial charge in [0.15, 0.2) is 5.82 Å². The molecule has 0 bridgehead atoms. The molecule has 3 heterocycles. The van der Waals surface area contributed by atoms with Crippen LogP contribution in [0.1, 0.15) is 18.4 Å². The van der Waals surface area contributed by atoms with Crippen molar-refractivity contribution in [3.63, 3.8) is 0 Å². The number of hydrogen-bond acceptors (Lipinski definition) is 5. The van der Waals surface area contributed by atoms with Crippen molar-refractivity contribution < 1.29 is 9.53 Å². The normalized spacial score (nSPS) is 14.8. The molecule has 0 radical (unpaired) electrons. The van der Waals surface area contributed by atoms with Crippen molar-refractivity contribution >= 4 is 17.5 Å². The Bertz CT molecular complexity index is 922. The van der Waals surface area contributed by atoms with Crippen LogP contribution < -0.4 is 4.74 Å². The first-order valence-corrected chi connectivity index (χ1v) is 9.58. The summed E-state index contributed by atoms with van der Waals surface area (Å²) in [7, 11) is 0. The lowest BCUT2D eigenvalue weighted by Gasteiger charge is -2.32. The number of carbonyl (C=O) groups excluding carboxylic acids is 1. The molecule has 3 aromatic rings. The van der Waals surface area contributed by atoms with Crippen LogP contribution in [0.15, 0.2) is 54.9 Å². The summed E-state index contributed by atoms with van der Waals surface area (Å²) in [6, 6.07) is 12.9. The van der Waals surface area contributed by atoms with Crippen molar-refractivity contribution in [1.82, 2.24) is 24.9 Å². The number of halogens is 1. The molecule has 8 heteroatoms. The molecule has 0 atom stereocenters. The van der Waals surface area contributed by atoms with Gasteiger partial charge in [-0.3, -0.25) is 4.79 Å². The van der Waals surface area contributed by atoms with Gasteiger partial charge in [-0.25, -0.2) is 4.68 Å². The first-order valence-electron chi connectivity index (χ1n) is 9.20. The molecule has 7 nitrogen and oxygen atoms in total. The highest BCUT2D eigenvalue weighted by Crippen LogP contribution is 2.20. The zero-order valence-electron chi connectivity index (χ0n) is 15.2. The molecule has 1 aromatic carbocycles. The molecule has 1 saturated heterocycles. The van der Waals surface area contributed by atoms with Crippen LogP contribution in [-0.2, 0) is 11.2 Å². The maximum atomic E-state index is 12.5. The average Bonchev–Trinajstić information content (AvgIpc) is 3.26. The third kappa shape index (κ3) is 4.31. The van der Waals surface area contributed by atoms with E-state index in [0.717, 1.165) is 18.4 Å². The van der Waals surface area contributed by atoms with Crippen molar-refractivity contribution in [3.05, 3.63) is 65.4 Å². The minimum atomic E-state index is 0.0224. The van der Waals surface area contributed by atoms with Gasteiger partial charge in [-0.15, -0.1) is 10.2 Å². The number of nitrogens with zero attached hydrogens (tertiary/aromatic N) is 5. The smallest absolute Gasteiger partial charge is 0.233 e. The second-order valence-electron chi connectivity index (χ2n) is 6.65. The first kappa shape index (κ1) is 18.4. The Morgan fingerprint density at radius 1 is 1.11 bits per heavy atom. The van der Waals surface area contributed by atoms with Crippen molar-refractivity contribution in [1.29, 1.82) is 0 Å². The van der Waals surface area contributed by atoms with Crippen LogP contribution in [0.2, 0.25) is 5.02 Å². The van der Waals surface area contributed by atoms with Crippen LogP contribution in [0.3, 0.4) is 0 Å². The fourth-order valence-electron chi connectivity index (χ4n) is 3.21. The van der Waals surface area contributed by atoms with E-state index in [9.17, 15) is 4.79 Å². The zero-order valence-corrected chi connectivity index (χ0v) is 16.0. The van der Waals surface area contributed by atoms with E-state index in [-0.39, 0.29) is 12.0 Å². The standard InChI is InChI=1S/C20H20ClN5O2/c21-17-5-2-1-4-15(17)14-20(27)25-12-8-16(9-13-25)28-19-7-6-18(23-24-19)26-11-3-10-22-26/h1-7,10-11,16H,8-9,12-14H2. The van der Waals surface area contributed by atoms with Crippen LogP contribution in [0.4, 0.5) is 0 Å². The Morgan fingerprint density at radius 2 is 1.93 bits per heavy atom. The van der Waals surface area contributed by atoms with E-state index in [4.69, 9.17) is 16.3 Å². The van der Waals surface area contributed by atoms with Gasteiger partial charge in [-0.05, 0) is 23.8 Å². The van der Waals surface area contributed by atoms with Crippen molar-refractivity contribution in [2.75, 3.05) is 13.1 Å². The van der Waals surface area contributed by atoms with Gasteiger partial charge in [0.1, 0.15) is 6.10 Å². The number of benzene rings is 1. The van der Waals surface area contributed by atoms with Gasteiger partial charge < -0.3 is 9.64 Å². The number of piperidine rings is 1. The van der Waals surface area contributed by atoms with Crippen LogP contribution in [0.5, 0.6) is 5.88 Å². The average molecular weight is 398 g/mol. The molecule has 0 saturated carbocycles. The number of likely N-dealkylation sites (tertiary alicyclic amines) is 1. The number of carbonyl (C=O) groups is 1. The lowest BCUT2D eigenvalue weighted by atomic mass is 10.1. The highest BCUT2D eigenvalue weighted by atomic mass is 35.5. The Balaban J connectivity index is 1.28. The predicted molar refractivity (Wildman–Crippen MR) is 105 cm³/mol. The van der Waals surface area contributed by atoms with Crippen LogP contribution in [0.25, 0.3) is 5.82 Å². The fraction of sp³-hybridized carbons (Fsp3) is 0.300. The Hall–Kier alpha value is -2.93. The number of aromatic nitrogens is 4. The molecular formula is C20H20ClN5O2. The minimum Gasteiger partial charge on any atom is -0.473 e. The van der Waals surface area contributed by atoms with Gasteiger partial charge in [0.2, 0.25) is 11.8 Å². The number of hydrogen-bond donors (Lipinski definition) is 0. The van der Waals surface area contributed by atoms with Gasteiger partial charge in [-0.2, -0.15) is 5.10 Å². The van der Waals surface area contributed by atoms with E-state index in [0.29, 0.717) is 36.2 Å². The molecule has 2 aromatic heterocycles. The van der Waals surface area contributed by atoms with Gasteiger partial charge in [-0.1, -0.05) is 29.8 Å². The van der Waals surface area contributed by atoms with E-state index < -0.39 is 0 Å². The molecule has 4 rings (SSSR count). The first-order chi connectivity index (χ1) is 13.7. The van der Waals surface area contributed by atoms with Crippen LogP contribution in [0, 0.1) is 0 Å². The summed E-state index contributed by atoms with van der Waals surface area (Å²) in [5, 5.41) is 13.0. The lowest BCUT2D eigenvalue weighted by molar-refractivity contribution is -0.132. The molecule has 1 amide bonds. The van der Waals surface area contributed by atoms with Gasteiger partial charge in [0.05, 0.1) is 6.42 Å². The molecule has 0 unspecified atom stereocenters. The largest absolute Gasteiger partial charge is 0.473 e. The van der Waals surface area contributed by atoms with Crippen LogP contribution >= 0.6 is 11.6 Å². The van der Waals surface area contributed by atoms with E-state index >= 15 is 0 Å². The van der Waals surface area contributed by atoms with E-state index in [2.05, 4.69) is 15.3 Å². The summed E-state index contributed by atoms with van der Waals surface area (Å²) in [6.45, 7) is 1.32. The molecule has 0 aliphatic carbocycles. The van der Waals surface area contributed by atoms with Crippen molar-refractivity contribution in [2.45, 2.75) is 25.4 Å². The van der Waals surface area contributed by atoms with Crippen LogP contribution in [-0.4, -0.2) is 50.0 Å². The van der Waals surface area contributed by atoms with E-state index in [1.807, 2.05) is 41.3 Å². The monoisotopic (exact) mass is 397 g/mol. The number of amides is 1.